The highest BCUT2D eigenvalue weighted by atomic mass is 35.5. The van der Waals surface area contributed by atoms with Crippen molar-refractivity contribution in [2.45, 2.75) is 27.3 Å². The molecule has 0 bridgehead atoms. The normalized spacial score (nSPS) is 9.53. The lowest BCUT2D eigenvalue weighted by Crippen LogP contribution is -2.35. The summed E-state index contributed by atoms with van der Waals surface area (Å²) in [5.41, 5.74) is 7.30. The van der Waals surface area contributed by atoms with Crippen molar-refractivity contribution in [3.63, 3.8) is 0 Å². The predicted molar refractivity (Wildman–Crippen MR) is 80.4 cm³/mol. The van der Waals surface area contributed by atoms with Crippen LogP contribution in [-0.2, 0) is 16.1 Å². The lowest BCUT2D eigenvalue weighted by atomic mass is 10.1. The number of nitrogens with zero attached hydrogens (tertiary/aromatic N) is 1. The van der Waals surface area contributed by atoms with Gasteiger partial charge in [0, 0.05) is 13.2 Å². The van der Waals surface area contributed by atoms with Crippen LogP contribution in [0, 0.1) is 0 Å². The molecule has 108 valence electrons. The molecule has 5 heteroatoms. The molecule has 1 aromatic rings. The topological polar surface area (TPSA) is 55.6 Å². The van der Waals surface area contributed by atoms with Crippen LogP contribution < -0.4 is 10.6 Å². The molecule has 0 fully saturated rings. The lowest BCUT2D eigenvalue weighted by Gasteiger charge is -2.23. The molecular formula is C14H23ClN2O2. The minimum atomic E-state index is -0.194. The van der Waals surface area contributed by atoms with E-state index in [1.54, 1.807) is 0 Å². The minimum Gasteiger partial charge on any atom is -0.361 e. The van der Waals surface area contributed by atoms with Crippen molar-refractivity contribution in [1.82, 2.24) is 0 Å². The molecule has 1 rings (SSSR count). The predicted octanol–water partition coefficient (Wildman–Crippen LogP) is 2.74. The molecule has 0 spiro atoms. The number of nitrogens with two attached hydrogens (primary N) is 1. The number of rotatable bonds is 6. The van der Waals surface area contributed by atoms with Crippen LogP contribution in [0.15, 0.2) is 24.3 Å². The first-order chi connectivity index (χ1) is 9.24. The van der Waals surface area contributed by atoms with E-state index in [0.717, 1.165) is 11.3 Å². The molecule has 1 amide bonds. The van der Waals surface area contributed by atoms with E-state index in [2.05, 4.69) is 0 Å². The Kier molecular flexibility index (Phi) is 10.2. The van der Waals surface area contributed by atoms with Crippen LogP contribution in [0.5, 0.6) is 0 Å². The monoisotopic (exact) mass is 286 g/mol. The minimum absolute atomic E-state index is 0.0774. The van der Waals surface area contributed by atoms with E-state index in [1.807, 2.05) is 45.0 Å². The van der Waals surface area contributed by atoms with E-state index in [0.29, 0.717) is 13.2 Å². The van der Waals surface area contributed by atoms with E-state index >= 15 is 0 Å². The van der Waals surface area contributed by atoms with Gasteiger partial charge in [0.05, 0.1) is 5.69 Å². The van der Waals surface area contributed by atoms with Crippen LogP contribution in [-0.4, -0.2) is 25.1 Å². The van der Waals surface area contributed by atoms with Gasteiger partial charge >= 0.3 is 0 Å². The van der Waals surface area contributed by atoms with Crippen molar-refractivity contribution in [3.8, 4) is 0 Å². The Morgan fingerprint density at radius 3 is 2.53 bits per heavy atom. The highest BCUT2D eigenvalue weighted by molar-refractivity contribution is 6.29. The van der Waals surface area contributed by atoms with Crippen molar-refractivity contribution >= 4 is 23.2 Å². The van der Waals surface area contributed by atoms with Crippen molar-refractivity contribution < 1.29 is 9.53 Å². The van der Waals surface area contributed by atoms with Gasteiger partial charge in [-0.1, -0.05) is 32.0 Å². The maximum Gasteiger partial charge on any atom is 0.243 e. The Morgan fingerprint density at radius 2 is 2.00 bits per heavy atom. The second-order valence-corrected chi connectivity index (χ2v) is 3.68. The lowest BCUT2D eigenvalue weighted by molar-refractivity contribution is -0.117. The quantitative estimate of drug-likeness (QED) is 0.646. The van der Waals surface area contributed by atoms with Gasteiger partial charge in [-0.25, -0.2) is 0 Å². The number of halogens is 1. The number of carbonyl (C=O) groups excluding carboxylic acids is 1. The van der Waals surface area contributed by atoms with Crippen LogP contribution in [0.2, 0.25) is 0 Å². The second-order valence-electron chi connectivity index (χ2n) is 3.41. The third-order valence-electron chi connectivity index (χ3n) is 2.34. The van der Waals surface area contributed by atoms with Crippen LogP contribution in [0.4, 0.5) is 5.69 Å². The summed E-state index contributed by atoms with van der Waals surface area (Å²) in [7, 11) is 0. The molecule has 2 N–H and O–H groups in total. The van der Waals surface area contributed by atoms with E-state index in [-0.39, 0.29) is 18.5 Å². The van der Waals surface area contributed by atoms with Gasteiger partial charge in [-0.05, 0) is 18.6 Å². The fourth-order valence-corrected chi connectivity index (χ4v) is 1.62. The highest BCUT2D eigenvalue weighted by Gasteiger charge is 2.16. The zero-order chi connectivity index (χ0) is 14.7. The van der Waals surface area contributed by atoms with Gasteiger partial charge in [-0.15, -0.1) is 11.6 Å². The molecule has 0 atom stereocenters. The van der Waals surface area contributed by atoms with Gasteiger partial charge in [0.15, 0.2) is 0 Å². The Labute approximate surface area is 120 Å². The summed E-state index contributed by atoms with van der Waals surface area (Å²) in [6, 6.07) is 7.46. The molecule has 4 nitrogen and oxygen atoms in total. The molecule has 0 saturated carbocycles. The van der Waals surface area contributed by atoms with E-state index in [1.165, 1.54) is 4.90 Å². The summed E-state index contributed by atoms with van der Waals surface area (Å²) >= 11 is 5.59. The summed E-state index contributed by atoms with van der Waals surface area (Å²) in [5, 5.41) is 0. The van der Waals surface area contributed by atoms with Crippen molar-refractivity contribution in [3.05, 3.63) is 29.8 Å². The third kappa shape index (κ3) is 5.59. The number of carbonyl (C=O) groups is 1. The van der Waals surface area contributed by atoms with E-state index < -0.39 is 0 Å². The van der Waals surface area contributed by atoms with Crippen LogP contribution in [0.1, 0.15) is 26.3 Å². The number of anilines is 1. The fourth-order valence-electron chi connectivity index (χ4n) is 1.48. The molecule has 0 aromatic heterocycles. The van der Waals surface area contributed by atoms with Crippen molar-refractivity contribution in [2.75, 3.05) is 24.1 Å². The average molecular weight is 287 g/mol. The summed E-state index contributed by atoms with van der Waals surface area (Å²) in [4.78, 5) is 13.3. The summed E-state index contributed by atoms with van der Waals surface area (Å²) in [5.74, 6) is -0.271. The first-order valence-corrected chi connectivity index (χ1v) is 7.00. The number of benzene rings is 1. The molecule has 0 unspecified atom stereocenters. The van der Waals surface area contributed by atoms with Gasteiger partial charge in [-0.2, -0.15) is 0 Å². The number of hydrogen-bond acceptors (Lipinski definition) is 3. The van der Waals surface area contributed by atoms with Gasteiger partial charge in [0.25, 0.3) is 0 Å². The molecule has 19 heavy (non-hydrogen) atoms. The maximum absolute atomic E-state index is 11.8. The second kappa shape index (κ2) is 10.8. The van der Waals surface area contributed by atoms with Gasteiger partial charge in [0.2, 0.25) is 5.91 Å². The number of alkyl halides is 1. The van der Waals surface area contributed by atoms with Crippen LogP contribution >= 0.6 is 11.6 Å². The maximum atomic E-state index is 11.8. The Hall–Kier alpha value is -1.10. The number of ether oxygens (including phenoxy) is 1. The number of amides is 1. The van der Waals surface area contributed by atoms with E-state index in [4.69, 9.17) is 22.1 Å². The molecule has 1 aromatic carbocycles. The number of para-hydroxylation sites is 1. The Balaban J connectivity index is 0.00000154. The van der Waals surface area contributed by atoms with Crippen LogP contribution in [0.25, 0.3) is 0 Å². The van der Waals surface area contributed by atoms with Gasteiger partial charge in [0.1, 0.15) is 12.6 Å². The SMILES string of the molecule is CC.CCOCN(C(=O)CCl)c1ccccc1CN. The molecular weight excluding hydrogens is 264 g/mol. The zero-order valence-electron chi connectivity index (χ0n) is 11.9. The summed E-state index contributed by atoms with van der Waals surface area (Å²) in [6.45, 7) is 6.97. The third-order valence-corrected chi connectivity index (χ3v) is 2.57. The molecule has 0 saturated heterocycles. The van der Waals surface area contributed by atoms with Crippen molar-refractivity contribution in [1.29, 1.82) is 0 Å². The molecule has 0 aliphatic heterocycles. The first kappa shape index (κ1) is 17.9. The van der Waals surface area contributed by atoms with Crippen LogP contribution in [0.3, 0.4) is 0 Å². The van der Waals surface area contributed by atoms with E-state index in [9.17, 15) is 4.79 Å². The largest absolute Gasteiger partial charge is 0.361 e. The molecule has 0 heterocycles. The molecule has 0 aliphatic rings. The van der Waals surface area contributed by atoms with Gasteiger partial charge in [-0.3, -0.25) is 9.69 Å². The first-order valence-electron chi connectivity index (χ1n) is 6.46. The smallest absolute Gasteiger partial charge is 0.243 e. The zero-order valence-corrected chi connectivity index (χ0v) is 12.6. The molecule has 0 aliphatic carbocycles. The molecule has 0 radical (unpaired) electrons. The fraction of sp³-hybridized carbons (Fsp3) is 0.500. The standard InChI is InChI=1S/C12H17ClN2O2.C2H6/c1-2-17-9-15(12(16)7-13)11-6-4-3-5-10(11)8-14;1-2/h3-6H,2,7-9,14H2,1H3;1-2H3. The van der Waals surface area contributed by atoms with Crippen molar-refractivity contribution in [2.24, 2.45) is 5.73 Å². The average Bonchev–Trinajstić information content (AvgIpc) is 2.49. The summed E-state index contributed by atoms with van der Waals surface area (Å²) in [6.07, 6.45) is 0. The number of hydrogen-bond donors (Lipinski definition) is 1. The Bertz CT molecular complexity index is 372. The highest BCUT2D eigenvalue weighted by Crippen LogP contribution is 2.20. The van der Waals surface area contributed by atoms with Gasteiger partial charge < -0.3 is 10.5 Å². The Morgan fingerprint density at radius 1 is 1.37 bits per heavy atom. The summed E-state index contributed by atoms with van der Waals surface area (Å²) < 4.78 is 5.28.